The second-order valence-corrected chi connectivity index (χ2v) is 19.6. The molecule has 0 bridgehead atoms. The minimum atomic E-state index is -2.33. The molecule has 0 spiro atoms. The van der Waals surface area contributed by atoms with Gasteiger partial charge < -0.3 is 15.0 Å². The molecular formula is C19H42NiO3P2+2. The van der Waals surface area contributed by atoms with Crippen LogP contribution in [0.2, 0.25) is 0 Å². The van der Waals surface area contributed by atoms with Crippen LogP contribution in [-0.2, 0) is 16.5 Å². The number of carbonyl (C=O) groups excluding carboxylic acids is 1. The number of carboxylic acid groups (broad SMARTS) is 2. The third-order valence-corrected chi connectivity index (χ3v) is 13.5. The molecule has 25 heavy (non-hydrogen) atoms. The average Bonchev–Trinajstić information content (AvgIpc) is 2.15. The quantitative estimate of drug-likeness (QED) is 0.490. The molecule has 0 aliphatic carbocycles. The van der Waals surface area contributed by atoms with Gasteiger partial charge in [-0.2, -0.15) is 0 Å². The Labute approximate surface area is 169 Å². The molecule has 0 fully saturated rings. The summed E-state index contributed by atoms with van der Waals surface area (Å²) in [7, 11) is -0.729. The number of hydrogen-bond donors (Lipinski definition) is 0. The largest absolute Gasteiger partial charge is 2.00 e. The summed E-state index contributed by atoms with van der Waals surface area (Å²) in [5, 5.41) is 18.7. The van der Waals surface area contributed by atoms with Crippen molar-refractivity contribution in [2.75, 3.05) is 12.3 Å². The van der Waals surface area contributed by atoms with Gasteiger partial charge in [0.15, 0.2) is 0 Å². The summed E-state index contributed by atoms with van der Waals surface area (Å²) < 4.78 is 0. The smallest absolute Gasteiger partial charge is 0.652 e. The molecule has 0 aromatic rings. The van der Waals surface area contributed by atoms with E-state index in [9.17, 15) is 0 Å². The minimum Gasteiger partial charge on any atom is -0.652 e. The van der Waals surface area contributed by atoms with E-state index in [1.54, 1.807) is 0 Å². The first kappa shape index (κ1) is 30.4. The normalized spacial score (nSPS) is 13.2. The van der Waals surface area contributed by atoms with Crippen LogP contribution in [0.25, 0.3) is 0 Å². The van der Waals surface area contributed by atoms with Crippen LogP contribution >= 0.6 is 15.8 Å². The van der Waals surface area contributed by atoms with E-state index in [0.29, 0.717) is 20.6 Å². The van der Waals surface area contributed by atoms with E-state index in [1.807, 2.05) is 0 Å². The van der Waals surface area contributed by atoms with Crippen LogP contribution in [0, 0.1) is 0 Å². The Hall–Kier alpha value is 0.624. The maximum Gasteiger partial charge on any atom is 2.00 e. The molecule has 0 saturated heterocycles. The zero-order valence-corrected chi connectivity index (χ0v) is 21.4. The second kappa shape index (κ2) is 10.8. The van der Waals surface area contributed by atoms with E-state index in [-0.39, 0.29) is 32.3 Å². The molecule has 0 radical (unpaired) electrons. The van der Waals surface area contributed by atoms with Gasteiger partial charge in [-0.15, -0.1) is 0 Å². The topological polar surface area (TPSA) is 63.2 Å². The summed E-state index contributed by atoms with van der Waals surface area (Å²) >= 11 is 0. The summed E-state index contributed by atoms with van der Waals surface area (Å²) in [4.78, 5) is 8.33. The zero-order valence-electron chi connectivity index (χ0n) is 18.5. The molecule has 0 amide bonds. The van der Waals surface area contributed by atoms with Crippen molar-refractivity contribution in [3.8, 4) is 0 Å². The molecule has 0 atom stereocenters. The van der Waals surface area contributed by atoms with E-state index < -0.39 is 6.16 Å². The molecule has 0 saturated carbocycles. The average molecular weight is 439 g/mol. The summed E-state index contributed by atoms with van der Waals surface area (Å²) in [6.45, 7) is 29.6. The minimum absolute atomic E-state index is 0. The third kappa shape index (κ3) is 14.4. The van der Waals surface area contributed by atoms with Gasteiger partial charge in [0.2, 0.25) is 0 Å². The Balaban J connectivity index is -0.000000867. The summed E-state index contributed by atoms with van der Waals surface area (Å²) in [5.41, 5.74) is 0. The number of hydrogen-bond acceptors (Lipinski definition) is 3. The molecule has 154 valence electrons. The third-order valence-electron chi connectivity index (χ3n) is 4.25. The van der Waals surface area contributed by atoms with E-state index >= 15 is 0 Å². The van der Waals surface area contributed by atoms with Gasteiger partial charge in [-0.1, -0.05) is 0 Å². The fraction of sp³-hybridized carbons (Fsp3) is 0.947. The SMILES string of the molecule is CC(C)(C)[PH+](CC[PH+](C(C)(C)C)C(C)(C)C)C(C)(C)C.O=C([O-])[O-].[Ni+2]. The Kier molecular flexibility index (Phi) is 13.1. The fourth-order valence-electron chi connectivity index (χ4n) is 4.00. The van der Waals surface area contributed by atoms with Gasteiger partial charge >= 0.3 is 16.5 Å². The van der Waals surface area contributed by atoms with Crippen molar-refractivity contribution in [2.24, 2.45) is 0 Å². The van der Waals surface area contributed by atoms with Crippen molar-refractivity contribution in [3.05, 3.63) is 0 Å². The molecule has 0 rings (SSSR count). The molecule has 0 N–H and O–H groups in total. The van der Waals surface area contributed by atoms with Gasteiger partial charge in [-0.25, -0.2) is 0 Å². The van der Waals surface area contributed by atoms with Crippen molar-refractivity contribution >= 4 is 22.0 Å². The van der Waals surface area contributed by atoms with Crippen LogP contribution in [0.4, 0.5) is 4.79 Å². The summed E-state index contributed by atoms with van der Waals surface area (Å²) in [6, 6.07) is 0. The Morgan fingerprint density at radius 1 is 0.600 bits per heavy atom. The second-order valence-electron chi connectivity index (χ2n) is 10.7. The molecule has 0 aliphatic rings. The molecule has 0 aromatic carbocycles. The van der Waals surface area contributed by atoms with E-state index in [4.69, 9.17) is 15.0 Å². The Morgan fingerprint density at radius 2 is 0.720 bits per heavy atom. The Morgan fingerprint density at radius 3 is 0.800 bits per heavy atom. The van der Waals surface area contributed by atoms with E-state index in [1.165, 1.54) is 12.3 Å². The fourth-order valence-corrected chi connectivity index (χ4v) is 13.5. The molecular weight excluding hydrogens is 397 g/mol. The summed E-state index contributed by atoms with van der Waals surface area (Å²) in [6.07, 6.45) is 0.640. The monoisotopic (exact) mass is 438 g/mol. The van der Waals surface area contributed by atoms with Gasteiger partial charge in [-0.05, 0) is 89.2 Å². The molecule has 0 heterocycles. The van der Waals surface area contributed by atoms with Gasteiger partial charge in [0.25, 0.3) is 0 Å². The van der Waals surface area contributed by atoms with Crippen molar-refractivity contribution in [3.63, 3.8) is 0 Å². The molecule has 0 aromatic heterocycles. The van der Waals surface area contributed by atoms with Crippen LogP contribution in [-0.4, -0.2) is 39.1 Å². The first-order chi connectivity index (χ1) is 10.2. The standard InChI is InChI=1S/C18H40P2.CH2O3.Ni/c1-15(2,3)19(16(4,5)6)13-14-20(17(7,8)9)18(10,11)12;2-1(3)4;/h13-14H2,1-12H3;(H2,2,3,4);/q;;+2. The number of rotatable bonds is 3. The van der Waals surface area contributed by atoms with E-state index in [2.05, 4.69) is 83.1 Å². The van der Waals surface area contributed by atoms with Gasteiger partial charge in [-0.3, -0.25) is 0 Å². The Bertz CT molecular complexity index is 321. The first-order valence-electron chi connectivity index (χ1n) is 8.82. The van der Waals surface area contributed by atoms with Crippen LogP contribution in [0.3, 0.4) is 0 Å². The zero-order chi connectivity index (χ0) is 20.1. The van der Waals surface area contributed by atoms with Gasteiger partial charge in [0, 0.05) is 15.8 Å². The maximum absolute atomic E-state index is 8.33. The van der Waals surface area contributed by atoms with E-state index in [0.717, 1.165) is 0 Å². The molecule has 0 aliphatic heterocycles. The van der Waals surface area contributed by atoms with Crippen molar-refractivity contribution in [1.29, 1.82) is 0 Å². The first-order valence-corrected chi connectivity index (χ1v) is 12.2. The number of carbonyl (C=O) groups is 1. The molecule has 0 unspecified atom stereocenters. The summed E-state index contributed by atoms with van der Waals surface area (Å²) in [5.74, 6) is 0. The predicted octanol–water partition coefficient (Wildman–Crippen LogP) is 4.16. The van der Waals surface area contributed by atoms with Crippen molar-refractivity contribution < 1.29 is 31.5 Å². The molecule has 3 nitrogen and oxygen atoms in total. The maximum atomic E-state index is 8.33. The van der Waals surface area contributed by atoms with Gasteiger partial charge in [0.1, 0.15) is 0 Å². The van der Waals surface area contributed by atoms with Gasteiger partial charge in [0.05, 0.1) is 32.9 Å². The van der Waals surface area contributed by atoms with Crippen LogP contribution in [0.15, 0.2) is 0 Å². The van der Waals surface area contributed by atoms with Crippen LogP contribution in [0.5, 0.6) is 0 Å². The van der Waals surface area contributed by atoms with Crippen LogP contribution < -0.4 is 10.2 Å². The molecule has 6 heteroatoms. The van der Waals surface area contributed by atoms with Crippen molar-refractivity contribution in [2.45, 2.75) is 104 Å². The predicted molar refractivity (Wildman–Crippen MR) is 111 cm³/mol. The van der Waals surface area contributed by atoms with Crippen LogP contribution in [0.1, 0.15) is 83.1 Å². The van der Waals surface area contributed by atoms with Crippen molar-refractivity contribution in [1.82, 2.24) is 0 Å².